The second-order valence-electron chi connectivity index (χ2n) is 6.23. The van der Waals surface area contributed by atoms with Crippen LogP contribution in [0.5, 0.6) is 0 Å². The van der Waals surface area contributed by atoms with E-state index >= 15 is 0 Å². The van der Waals surface area contributed by atoms with Gasteiger partial charge in [0.1, 0.15) is 5.82 Å². The van der Waals surface area contributed by atoms with Crippen LogP contribution in [-0.2, 0) is 19.4 Å². The lowest BCUT2D eigenvalue weighted by atomic mass is 10.2. The molecule has 3 rings (SSSR count). The van der Waals surface area contributed by atoms with Crippen molar-refractivity contribution in [3.63, 3.8) is 0 Å². The van der Waals surface area contributed by atoms with Crippen molar-refractivity contribution >= 4 is 56.4 Å². The summed E-state index contributed by atoms with van der Waals surface area (Å²) in [4.78, 5) is 24.5. The van der Waals surface area contributed by atoms with Crippen LogP contribution in [0.3, 0.4) is 0 Å². The molecule has 148 valence electrons. The van der Waals surface area contributed by atoms with Gasteiger partial charge in [-0.25, -0.2) is 12.8 Å². The first-order valence-electron chi connectivity index (χ1n) is 8.22. The van der Waals surface area contributed by atoms with E-state index in [0.29, 0.717) is 5.69 Å². The van der Waals surface area contributed by atoms with Crippen LogP contribution in [0.2, 0.25) is 5.02 Å². The molecule has 0 fully saturated rings. The Morgan fingerprint density at radius 2 is 2.07 bits per heavy atom. The number of thioether (sulfide) groups is 1. The number of sulfone groups is 1. The summed E-state index contributed by atoms with van der Waals surface area (Å²) in [6, 6.07) is 8.20. The number of fused-ring (bicyclic) bond motifs is 1. The first kappa shape index (κ1) is 20.6. The molecule has 0 spiro atoms. The molecule has 2 N–H and O–H groups in total. The van der Waals surface area contributed by atoms with Crippen molar-refractivity contribution in [1.29, 1.82) is 0 Å². The Hall–Kier alpha value is -2.10. The molecule has 0 aliphatic carbocycles. The van der Waals surface area contributed by atoms with E-state index < -0.39 is 26.8 Å². The Bertz CT molecular complexity index is 1060. The third kappa shape index (κ3) is 4.48. The molecular weight excluding hydrogens is 427 g/mol. The monoisotopic (exact) mass is 442 g/mol. The Labute approximate surface area is 170 Å². The zero-order valence-electron chi connectivity index (χ0n) is 14.7. The number of carbonyl (C=O) groups is 2. The van der Waals surface area contributed by atoms with Crippen LogP contribution in [0, 0.1) is 5.82 Å². The Morgan fingerprint density at radius 3 is 2.79 bits per heavy atom. The van der Waals surface area contributed by atoms with E-state index in [9.17, 15) is 22.4 Å². The van der Waals surface area contributed by atoms with Gasteiger partial charge in [-0.1, -0.05) is 11.6 Å². The van der Waals surface area contributed by atoms with Crippen LogP contribution in [-0.4, -0.2) is 31.2 Å². The van der Waals surface area contributed by atoms with Crippen molar-refractivity contribution in [2.24, 2.45) is 0 Å². The van der Waals surface area contributed by atoms with Gasteiger partial charge in [0, 0.05) is 17.0 Å². The topological polar surface area (TPSA) is 92.3 Å². The van der Waals surface area contributed by atoms with Crippen LogP contribution >= 0.6 is 23.4 Å². The van der Waals surface area contributed by atoms with E-state index in [1.54, 1.807) is 6.07 Å². The summed E-state index contributed by atoms with van der Waals surface area (Å²) < 4.78 is 38.8. The molecule has 0 radical (unpaired) electrons. The van der Waals surface area contributed by atoms with Crippen molar-refractivity contribution in [1.82, 2.24) is 0 Å². The minimum Gasteiger partial charge on any atom is -0.326 e. The SMILES string of the molecule is C[C@@H](CC(=O)Nc1ccc(F)c(Cl)c1)S(=O)(=O)c1ccc2c(c1)NC(=O)CS2. The molecule has 1 atom stereocenters. The summed E-state index contributed by atoms with van der Waals surface area (Å²) >= 11 is 7.00. The Morgan fingerprint density at radius 1 is 1.32 bits per heavy atom. The number of nitrogens with one attached hydrogen (secondary N) is 2. The lowest BCUT2D eigenvalue weighted by molar-refractivity contribution is -0.116. The van der Waals surface area contributed by atoms with Crippen LogP contribution in [0.25, 0.3) is 0 Å². The quantitative estimate of drug-likeness (QED) is 0.736. The van der Waals surface area contributed by atoms with Gasteiger partial charge >= 0.3 is 0 Å². The normalized spacial score (nSPS) is 14.8. The Kier molecular flexibility index (Phi) is 5.97. The third-order valence-electron chi connectivity index (χ3n) is 4.12. The van der Waals surface area contributed by atoms with E-state index in [1.807, 2.05) is 0 Å². The average molecular weight is 443 g/mol. The number of hydrogen-bond acceptors (Lipinski definition) is 5. The second-order valence-corrected chi connectivity index (χ2v) is 10.0. The maximum absolute atomic E-state index is 13.2. The van der Waals surface area contributed by atoms with Gasteiger partial charge in [0.15, 0.2) is 9.84 Å². The summed E-state index contributed by atoms with van der Waals surface area (Å²) in [6.45, 7) is 1.43. The number of hydrogen-bond donors (Lipinski definition) is 2. The number of anilines is 2. The van der Waals surface area contributed by atoms with Crippen molar-refractivity contribution in [3.05, 3.63) is 47.2 Å². The van der Waals surface area contributed by atoms with E-state index in [0.717, 1.165) is 11.0 Å². The number of amides is 2. The molecule has 6 nitrogen and oxygen atoms in total. The van der Waals surface area contributed by atoms with Crippen LogP contribution < -0.4 is 10.6 Å². The summed E-state index contributed by atoms with van der Waals surface area (Å²) in [5.74, 6) is -1.07. The highest BCUT2D eigenvalue weighted by Gasteiger charge is 2.27. The predicted octanol–water partition coefficient (Wildman–Crippen LogP) is 3.71. The lowest BCUT2D eigenvalue weighted by Gasteiger charge is -2.18. The zero-order valence-corrected chi connectivity index (χ0v) is 17.1. The van der Waals surface area contributed by atoms with Crippen LogP contribution in [0.1, 0.15) is 13.3 Å². The fourth-order valence-corrected chi connectivity index (χ4v) is 4.97. The van der Waals surface area contributed by atoms with E-state index in [2.05, 4.69) is 10.6 Å². The molecule has 0 saturated carbocycles. The van der Waals surface area contributed by atoms with Crippen molar-refractivity contribution in [3.8, 4) is 0 Å². The van der Waals surface area contributed by atoms with Gasteiger partial charge in [0.2, 0.25) is 11.8 Å². The summed E-state index contributed by atoms with van der Waals surface area (Å²) in [7, 11) is -3.80. The summed E-state index contributed by atoms with van der Waals surface area (Å²) in [6.07, 6.45) is -0.296. The maximum Gasteiger partial charge on any atom is 0.234 e. The molecule has 1 heterocycles. The van der Waals surface area contributed by atoms with Gasteiger partial charge in [-0.15, -0.1) is 11.8 Å². The molecule has 0 unspecified atom stereocenters. The molecule has 1 aliphatic rings. The molecular formula is C18H16ClFN2O4S2. The van der Waals surface area contributed by atoms with E-state index in [4.69, 9.17) is 11.6 Å². The fourth-order valence-electron chi connectivity index (χ4n) is 2.63. The highest BCUT2D eigenvalue weighted by Crippen LogP contribution is 2.34. The smallest absolute Gasteiger partial charge is 0.234 e. The van der Waals surface area contributed by atoms with Crippen LogP contribution in [0.4, 0.5) is 15.8 Å². The first-order valence-corrected chi connectivity index (χ1v) is 11.1. The van der Waals surface area contributed by atoms with Gasteiger partial charge in [0.25, 0.3) is 0 Å². The molecule has 0 saturated heterocycles. The van der Waals surface area contributed by atoms with Crippen molar-refractivity contribution < 1.29 is 22.4 Å². The second kappa shape index (κ2) is 8.10. The molecule has 2 amide bonds. The minimum atomic E-state index is -3.80. The van der Waals surface area contributed by atoms with E-state index in [-0.39, 0.29) is 33.7 Å². The number of halogens is 2. The standard InChI is InChI=1S/C18H16ClFN2O4S2/c1-10(6-17(23)21-11-2-4-14(20)13(19)7-11)28(25,26)12-3-5-16-15(8-12)22-18(24)9-27-16/h2-5,7-8,10H,6,9H2,1H3,(H,21,23)(H,22,24)/t10-/m0/s1. The first-order chi connectivity index (χ1) is 13.2. The average Bonchev–Trinajstić information content (AvgIpc) is 2.64. The highest BCUT2D eigenvalue weighted by molar-refractivity contribution is 8.00. The summed E-state index contributed by atoms with van der Waals surface area (Å²) in [5.41, 5.74) is 0.717. The number of rotatable bonds is 5. The zero-order chi connectivity index (χ0) is 20.5. The van der Waals surface area contributed by atoms with Gasteiger partial charge in [-0.3, -0.25) is 9.59 Å². The maximum atomic E-state index is 13.2. The van der Waals surface area contributed by atoms with Crippen molar-refractivity contribution in [2.75, 3.05) is 16.4 Å². The number of benzene rings is 2. The molecule has 28 heavy (non-hydrogen) atoms. The third-order valence-corrected chi connectivity index (χ3v) is 7.62. The van der Waals surface area contributed by atoms with Gasteiger partial charge < -0.3 is 10.6 Å². The largest absolute Gasteiger partial charge is 0.326 e. The lowest BCUT2D eigenvalue weighted by Crippen LogP contribution is -2.25. The predicted molar refractivity (Wildman–Crippen MR) is 107 cm³/mol. The van der Waals surface area contributed by atoms with Crippen molar-refractivity contribution in [2.45, 2.75) is 28.4 Å². The van der Waals surface area contributed by atoms with Gasteiger partial charge in [0.05, 0.1) is 26.6 Å². The molecule has 1 aliphatic heterocycles. The molecule has 0 bridgehead atoms. The molecule has 2 aromatic rings. The summed E-state index contributed by atoms with van der Waals surface area (Å²) in [5, 5.41) is 4.00. The number of carbonyl (C=O) groups excluding carboxylic acids is 2. The van der Waals surface area contributed by atoms with E-state index in [1.165, 1.54) is 43.0 Å². The van der Waals surface area contributed by atoms with Crippen LogP contribution in [0.15, 0.2) is 46.2 Å². The molecule has 0 aromatic heterocycles. The fraction of sp³-hybridized carbons (Fsp3) is 0.222. The molecule has 2 aromatic carbocycles. The highest BCUT2D eigenvalue weighted by atomic mass is 35.5. The Balaban J connectivity index is 1.73. The van der Waals surface area contributed by atoms with Gasteiger partial charge in [-0.05, 0) is 43.3 Å². The molecule has 10 heteroatoms. The van der Waals surface area contributed by atoms with Gasteiger partial charge in [-0.2, -0.15) is 0 Å². The minimum absolute atomic E-state index is 0.0270.